The van der Waals surface area contributed by atoms with Crippen molar-refractivity contribution < 1.29 is 9.52 Å². The summed E-state index contributed by atoms with van der Waals surface area (Å²) in [4.78, 5) is 4.06. The number of fused-ring (bicyclic) bond motifs is 1. The third kappa shape index (κ3) is 2.43. The number of aromatic nitrogens is 1. The highest BCUT2D eigenvalue weighted by atomic mass is 16.3. The molecule has 0 aliphatic heterocycles. The largest absolute Gasteiger partial charge is 0.443 e. The number of oxazole rings is 1. The van der Waals surface area contributed by atoms with E-state index in [1.165, 1.54) is 12.0 Å². The lowest BCUT2D eigenvalue weighted by atomic mass is 9.99. The molecule has 0 spiro atoms. The highest BCUT2D eigenvalue weighted by molar-refractivity contribution is 5.73. The van der Waals surface area contributed by atoms with E-state index in [0.29, 0.717) is 12.1 Å². The van der Waals surface area contributed by atoms with E-state index in [1.807, 2.05) is 42.5 Å². The summed E-state index contributed by atoms with van der Waals surface area (Å²) in [5.41, 5.74) is 9.82. The van der Waals surface area contributed by atoms with Gasteiger partial charge in [-0.2, -0.15) is 0 Å². The molecule has 0 saturated heterocycles. The molecular formula is C16H16N2O2. The molecule has 3 aromatic rings. The minimum atomic E-state index is -0.670. The molecule has 4 nitrogen and oxygen atoms in total. The molecule has 0 fully saturated rings. The van der Waals surface area contributed by atoms with Crippen molar-refractivity contribution in [2.75, 3.05) is 6.54 Å². The van der Waals surface area contributed by atoms with Crippen LogP contribution in [0.15, 0.2) is 53.3 Å². The Balaban J connectivity index is 1.88. The van der Waals surface area contributed by atoms with Crippen molar-refractivity contribution in [3.63, 3.8) is 0 Å². The molecule has 3 N–H and O–H groups in total. The van der Waals surface area contributed by atoms with Crippen LogP contribution in [0.4, 0.5) is 0 Å². The third-order valence-corrected chi connectivity index (χ3v) is 3.40. The zero-order valence-corrected chi connectivity index (χ0v) is 11.0. The number of aliphatic hydroxyl groups is 1. The molecule has 0 saturated carbocycles. The molecule has 0 aliphatic carbocycles. The van der Waals surface area contributed by atoms with Crippen LogP contribution in [0.25, 0.3) is 11.1 Å². The second-order valence-corrected chi connectivity index (χ2v) is 4.76. The van der Waals surface area contributed by atoms with E-state index >= 15 is 0 Å². The molecule has 3 rings (SSSR count). The Morgan fingerprint density at radius 3 is 2.60 bits per heavy atom. The molecule has 1 atom stereocenters. The quantitative estimate of drug-likeness (QED) is 0.762. The van der Waals surface area contributed by atoms with Gasteiger partial charge in [-0.25, -0.2) is 4.98 Å². The van der Waals surface area contributed by atoms with Crippen LogP contribution in [0.3, 0.4) is 0 Å². The number of nitrogens with zero attached hydrogens (tertiary/aromatic N) is 1. The summed E-state index contributed by atoms with van der Waals surface area (Å²) in [6.07, 6.45) is 1.58. The summed E-state index contributed by atoms with van der Waals surface area (Å²) >= 11 is 0. The van der Waals surface area contributed by atoms with Crippen molar-refractivity contribution in [1.29, 1.82) is 0 Å². The lowest BCUT2D eigenvalue weighted by molar-refractivity contribution is 0.220. The van der Waals surface area contributed by atoms with Gasteiger partial charge in [-0.05, 0) is 41.8 Å². The SMILES string of the molecule is NCCc1ccc(C(O)c2ccc3ncoc3c2)cc1. The molecule has 102 valence electrons. The average Bonchev–Trinajstić information content (AvgIpc) is 2.95. The zero-order chi connectivity index (χ0) is 13.9. The standard InChI is InChI=1S/C16H16N2O2/c17-8-7-11-1-3-12(4-2-11)16(19)13-5-6-14-15(9-13)20-10-18-14/h1-6,9-10,16,19H,7-8,17H2. The van der Waals surface area contributed by atoms with Gasteiger partial charge < -0.3 is 15.3 Å². The highest BCUT2D eigenvalue weighted by Gasteiger charge is 2.12. The van der Waals surface area contributed by atoms with Gasteiger partial charge in [0.05, 0.1) is 0 Å². The molecule has 1 aromatic heterocycles. The Kier molecular flexibility index (Phi) is 3.50. The maximum Gasteiger partial charge on any atom is 0.181 e. The monoisotopic (exact) mass is 268 g/mol. The first-order valence-corrected chi connectivity index (χ1v) is 6.58. The van der Waals surface area contributed by atoms with E-state index in [9.17, 15) is 5.11 Å². The van der Waals surface area contributed by atoms with Gasteiger partial charge >= 0.3 is 0 Å². The Morgan fingerprint density at radius 2 is 1.85 bits per heavy atom. The van der Waals surface area contributed by atoms with E-state index in [0.717, 1.165) is 23.1 Å². The summed E-state index contributed by atoms with van der Waals surface area (Å²) in [5.74, 6) is 0. The summed E-state index contributed by atoms with van der Waals surface area (Å²) in [6.45, 7) is 0.629. The van der Waals surface area contributed by atoms with Crippen LogP contribution in [0, 0.1) is 0 Å². The molecule has 4 heteroatoms. The van der Waals surface area contributed by atoms with Crippen LogP contribution in [0.1, 0.15) is 22.8 Å². The van der Waals surface area contributed by atoms with Crippen molar-refractivity contribution in [3.05, 3.63) is 65.5 Å². The Morgan fingerprint density at radius 1 is 1.10 bits per heavy atom. The lowest BCUT2D eigenvalue weighted by Gasteiger charge is -2.12. The van der Waals surface area contributed by atoms with Gasteiger partial charge in [0.1, 0.15) is 11.6 Å². The predicted octanol–water partition coefficient (Wildman–Crippen LogP) is 2.41. The number of hydrogen-bond donors (Lipinski definition) is 2. The van der Waals surface area contributed by atoms with Crippen LogP contribution in [0.2, 0.25) is 0 Å². The number of benzene rings is 2. The van der Waals surface area contributed by atoms with E-state index in [4.69, 9.17) is 10.2 Å². The maximum atomic E-state index is 10.4. The summed E-state index contributed by atoms with van der Waals surface area (Å²) in [5, 5.41) is 10.4. The average molecular weight is 268 g/mol. The molecule has 0 bridgehead atoms. The lowest BCUT2D eigenvalue weighted by Crippen LogP contribution is -2.03. The van der Waals surface area contributed by atoms with Gasteiger partial charge in [0, 0.05) is 0 Å². The van der Waals surface area contributed by atoms with Crippen LogP contribution >= 0.6 is 0 Å². The molecule has 20 heavy (non-hydrogen) atoms. The number of aliphatic hydroxyl groups excluding tert-OH is 1. The van der Waals surface area contributed by atoms with E-state index in [2.05, 4.69) is 4.98 Å². The molecule has 1 unspecified atom stereocenters. The van der Waals surface area contributed by atoms with Crippen molar-refractivity contribution >= 4 is 11.1 Å². The van der Waals surface area contributed by atoms with Crippen molar-refractivity contribution in [2.45, 2.75) is 12.5 Å². The van der Waals surface area contributed by atoms with Crippen molar-refractivity contribution in [3.8, 4) is 0 Å². The minimum Gasteiger partial charge on any atom is -0.443 e. The van der Waals surface area contributed by atoms with Crippen LogP contribution in [-0.2, 0) is 6.42 Å². The van der Waals surface area contributed by atoms with E-state index in [-0.39, 0.29) is 0 Å². The van der Waals surface area contributed by atoms with Crippen LogP contribution in [-0.4, -0.2) is 16.6 Å². The number of hydrogen-bond acceptors (Lipinski definition) is 4. The first kappa shape index (κ1) is 12.8. The van der Waals surface area contributed by atoms with Gasteiger partial charge in [0.2, 0.25) is 0 Å². The second-order valence-electron chi connectivity index (χ2n) is 4.76. The number of rotatable bonds is 4. The molecule has 1 heterocycles. The first-order chi connectivity index (χ1) is 9.78. The first-order valence-electron chi connectivity index (χ1n) is 6.58. The summed E-state index contributed by atoms with van der Waals surface area (Å²) in [6, 6.07) is 13.4. The van der Waals surface area contributed by atoms with Crippen molar-refractivity contribution in [1.82, 2.24) is 4.98 Å². The smallest absolute Gasteiger partial charge is 0.181 e. The minimum absolute atomic E-state index is 0.629. The second kappa shape index (κ2) is 5.45. The van der Waals surface area contributed by atoms with Gasteiger partial charge in [-0.1, -0.05) is 30.3 Å². The zero-order valence-electron chi connectivity index (χ0n) is 11.0. The van der Waals surface area contributed by atoms with Crippen molar-refractivity contribution in [2.24, 2.45) is 5.73 Å². The highest BCUT2D eigenvalue weighted by Crippen LogP contribution is 2.25. The Bertz CT molecular complexity index is 704. The van der Waals surface area contributed by atoms with Gasteiger partial charge in [0.25, 0.3) is 0 Å². The molecule has 0 amide bonds. The van der Waals surface area contributed by atoms with Gasteiger partial charge in [-0.15, -0.1) is 0 Å². The topological polar surface area (TPSA) is 72.3 Å². The molecular weight excluding hydrogens is 252 g/mol. The molecule has 2 aromatic carbocycles. The van der Waals surface area contributed by atoms with E-state index in [1.54, 1.807) is 0 Å². The predicted molar refractivity (Wildman–Crippen MR) is 77.3 cm³/mol. The van der Waals surface area contributed by atoms with Crippen LogP contribution < -0.4 is 5.73 Å². The third-order valence-electron chi connectivity index (χ3n) is 3.40. The fourth-order valence-electron chi connectivity index (χ4n) is 2.27. The Hall–Kier alpha value is -2.17. The normalized spacial score (nSPS) is 12.7. The summed E-state index contributed by atoms with van der Waals surface area (Å²) < 4.78 is 5.26. The molecule has 0 radical (unpaired) electrons. The Labute approximate surface area is 116 Å². The van der Waals surface area contributed by atoms with Gasteiger partial charge in [-0.3, -0.25) is 0 Å². The fraction of sp³-hybridized carbons (Fsp3) is 0.188. The van der Waals surface area contributed by atoms with E-state index < -0.39 is 6.10 Å². The maximum absolute atomic E-state index is 10.4. The fourth-order valence-corrected chi connectivity index (χ4v) is 2.27. The summed E-state index contributed by atoms with van der Waals surface area (Å²) in [7, 11) is 0. The van der Waals surface area contributed by atoms with Crippen LogP contribution in [0.5, 0.6) is 0 Å². The van der Waals surface area contributed by atoms with Gasteiger partial charge in [0.15, 0.2) is 12.0 Å². The molecule has 0 aliphatic rings. The number of nitrogens with two attached hydrogens (primary N) is 1.